The van der Waals surface area contributed by atoms with Crippen LogP contribution in [0.15, 0.2) is 76.5 Å². The van der Waals surface area contributed by atoms with E-state index in [2.05, 4.69) is 15.5 Å². The van der Waals surface area contributed by atoms with Gasteiger partial charge in [0.15, 0.2) is 11.0 Å². The first-order valence-corrected chi connectivity index (χ1v) is 11.3. The van der Waals surface area contributed by atoms with E-state index >= 15 is 0 Å². The van der Waals surface area contributed by atoms with Crippen LogP contribution in [-0.4, -0.2) is 33.5 Å². The average molecular weight is 465 g/mol. The van der Waals surface area contributed by atoms with Crippen LogP contribution in [0, 0.1) is 6.92 Å². The molecular formula is C24H24N4O4S. The van der Waals surface area contributed by atoms with Gasteiger partial charge in [0.1, 0.15) is 23.9 Å². The van der Waals surface area contributed by atoms with Crippen LogP contribution >= 0.6 is 11.8 Å². The van der Waals surface area contributed by atoms with Gasteiger partial charge in [0.25, 0.3) is 0 Å². The number of methoxy groups -OCH3 is 1. The van der Waals surface area contributed by atoms with Crippen molar-refractivity contribution < 1.29 is 18.7 Å². The molecule has 0 saturated carbocycles. The molecule has 1 N–H and O–H groups in total. The molecule has 0 atom stereocenters. The van der Waals surface area contributed by atoms with Gasteiger partial charge in [-0.15, -0.1) is 10.2 Å². The van der Waals surface area contributed by atoms with E-state index in [1.165, 1.54) is 11.8 Å². The molecule has 0 aliphatic rings. The third kappa shape index (κ3) is 6.17. The number of ether oxygens (including phenoxy) is 2. The van der Waals surface area contributed by atoms with E-state index in [4.69, 9.17) is 13.9 Å². The molecule has 4 rings (SSSR count). The lowest BCUT2D eigenvalue weighted by molar-refractivity contribution is -0.113. The number of nitrogens with one attached hydrogen (secondary N) is 1. The largest absolute Gasteiger partial charge is 0.497 e. The summed E-state index contributed by atoms with van der Waals surface area (Å²) in [5.74, 6) is 2.85. The number of thioether (sulfide) groups is 1. The molecular weight excluding hydrogens is 440 g/mol. The van der Waals surface area contributed by atoms with Crippen molar-refractivity contribution in [2.24, 2.45) is 0 Å². The quantitative estimate of drug-likeness (QED) is 0.344. The van der Waals surface area contributed by atoms with Gasteiger partial charge in [-0.2, -0.15) is 0 Å². The maximum atomic E-state index is 12.5. The van der Waals surface area contributed by atoms with Crippen molar-refractivity contribution in [3.63, 3.8) is 0 Å². The zero-order chi connectivity index (χ0) is 23.0. The molecule has 0 fully saturated rings. The van der Waals surface area contributed by atoms with Crippen molar-refractivity contribution in [1.82, 2.24) is 14.8 Å². The van der Waals surface area contributed by atoms with Gasteiger partial charge >= 0.3 is 0 Å². The number of nitrogens with zero attached hydrogens (tertiary/aromatic N) is 3. The Hall–Kier alpha value is -3.72. The molecule has 0 saturated heterocycles. The summed E-state index contributed by atoms with van der Waals surface area (Å²) >= 11 is 1.30. The maximum absolute atomic E-state index is 12.5. The molecule has 33 heavy (non-hydrogen) atoms. The van der Waals surface area contributed by atoms with Crippen molar-refractivity contribution in [2.75, 3.05) is 18.2 Å². The summed E-state index contributed by atoms with van der Waals surface area (Å²) in [6.45, 7) is 2.71. The topological polar surface area (TPSA) is 91.4 Å². The monoisotopic (exact) mass is 464 g/mol. The molecule has 0 aliphatic carbocycles. The van der Waals surface area contributed by atoms with E-state index in [1.54, 1.807) is 19.4 Å². The van der Waals surface area contributed by atoms with Crippen molar-refractivity contribution in [3.05, 3.63) is 84.1 Å². The van der Waals surface area contributed by atoms with Crippen molar-refractivity contribution in [2.45, 2.75) is 25.2 Å². The number of rotatable bonds is 10. The molecule has 4 aromatic rings. The van der Waals surface area contributed by atoms with Gasteiger partial charge in [0.05, 0.1) is 25.7 Å². The lowest BCUT2D eigenvalue weighted by atomic mass is 10.2. The molecule has 2 aromatic heterocycles. The summed E-state index contributed by atoms with van der Waals surface area (Å²) < 4.78 is 18.5. The number of hydrogen-bond donors (Lipinski definition) is 1. The van der Waals surface area contributed by atoms with Gasteiger partial charge in [-0.25, -0.2) is 0 Å². The third-order valence-corrected chi connectivity index (χ3v) is 5.73. The van der Waals surface area contributed by atoms with Crippen molar-refractivity contribution in [3.8, 4) is 11.5 Å². The number of anilines is 1. The SMILES string of the molecule is COc1cccc(NC(=O)CSc2nnc(COc3ccc(C)cc3)n2Cc2ccco2)c1. The number of aromatic nitrogens is 3. The van der Waals surface area contributed by atoms with E-state index in [0.29, 0.717) is 29.0 Å². The fourth-order valence-electron chi connectivity index (χ4n) is 3.06. The van der Waals surface area contributed by atoms with Crippen molar-refractivity contribution >= 4 is 23.4 Å². The highest BCUT2D eigenvalue weighted by Gasteiger charge is 2.16. The molecule has 0 bridgehead atoms. The Labute approximate surface area is 195 Å². The second-order valence-electron chi connectivity index (χ2n) is 7.23. The van der Waals surface area contributed by atoms with Gasteiger partial charge in [0.2, 0.25) is 5.91 Å². The lowest BCUT2D eigenvalue weighted by Crippen LogP contribution is -2.15. The number of aryl methyl sites for hydroxylation is 1. The maximum Gasteiger partial charge on any atom is 0.234 e. The highest BCUT2D eigenvalue weighted by atomic mass is 32.2. The molecule has 8 nitrogen and oxygen atoms in total. The number of benzene rings is 2. The van der Waals surface area contributed by atoms with Crippen LogP contribution in [0.25, 0.3) is 0 Å². The van der Waals surface area contributed by atoms with Gasteiger partial charge in [0, 0.05) is 11.8 Å². The molecule has 2 aromatic carbocycles. The second kappa shape index (κ2) is 10.7. The number of furan rings is 1. The highest BCUT2D eigenvalue weighted by Crippen LogP contribution is 2.22. The third-order valence-electron chi connectivity index (χ3n) is 4.76. The molecule has 170 valence electrons. The molecule has 2 heterocycles. The number of amides is 1. The van der Waals surface area contributed by atoms with Crippen LogP contribution in [0.2, 0.25) is 0 Å². The Morgan fingerprint density at radius 3 is 2.70 bits per heavy atom. The van der Waals surface area contributed by atoms with Crippen LogP contribution in [-0.2, 0) is 17.9 Å². The smallest absolute Gasteiger partial charge is 0.234 e. The average Bonchev–Trinajstić information content (AvgIpc) is 3.48. The summed E-state index contributed by atoms with van der Waals surface area (Å²) in [5.41, 5.74) is 1.83. The molecule has 1 amide bonds. The molecule has 0 radical (unpaired) electrons. The van der Waals surface area contributed by atoms with Crippen molar-refractivity contribution in [1.29, 1.82) is 0 Å². The molecule has 0 aliphatic heterocycles. The zero-order valence-electron chi connectivity index (χ0n) is 18.4. The Bertz CT molecular complexity index is 1190. The summed E-state index contributed by atoms with van der Waals surface area (Å²) in [4.78, 5) is 12.5. The summed E-state index contributed by atoms with van der Waals surface area (Å²) in [7, 11) is 1.59. The first-order chi connectivity index (χ1) is 16.1. The molecule has 0 unspecified atom stereocenters. The van der Waals surface area contributed by atoms with Crippen LogP contribution < -0.4 is 14.8 Å². The Morgan fingerprint density at radius 1 is 1.09 bits per heavy atom. The van der Waals surface area contributed by atoms with Crippen LogP contribution in [0.4, 0.5) is 5.69 Å². The minimum Gasteiger partial charge on any atom is -0.497 e. The van der Waals surface area contributed by atoms with Crippen LogP contribution in [0.3, 0.4) is 0 Å². The van der Waals surface area contributed by atoms with Crippen LogP contribution in [0.1, 0.15) is 17.1 Å². The second-order valence-corrected chi connectivity index (χ2v) is 8.18. The van der Waals surface area contributed by atoms with Crippen LogP contribution in [0.5, 0.6) is 11.5 Å². The Balaban J connectivity index is 1.43. The normalized spacial score (nSPS) is 10.7. The minimum atomic E-state index is -0.154. The first kappa shape index (κ1) is 22.5. The zero-order valence-corrected chi connectivity index (χ0v) is 19.2. The molecule has 0 spiro atoms. The summed E-state index contributed by atoms with van der Waals surface area (Å²) in [6.07, 6.45) is 1.62. The number of hydrogen-bond acceptors (Lipinski definition) is 7. The first-order valence-electron chi connectivity index (χ1n) is 10.3. The number of carbonyl (C=O) groups excluding carboxylic acids is 1. The highest BCUT2D eigenvalue weighted by molar-refractivity contribution is 7.99. The standard InChI is InChI=1S/C24H24N4O4S/c1-17-8-10-19(11-9-17)32-15-22-26-27-24(28(22)14-21-7-4-12-31-21)33-16-23(29)25-18-5-3-6-20(13-18)30-2/h3-13H,14-16H2,1-2H3,(H,25,29). The number of carbonyl (C=O) groups is 1. The van der Waals surface area contributed by atoms with Gasteiger partial charge < -0.3 is 19.2 Å². The summed E-state index contributed by atoms with van der Waals surface area (Å²) in [5, 5.41) is 12.1. The van der Waals surface area contributed by atoms with Gasteiger partial charge in [-0.1, -0.05) is 35.5 Å². The van der Waals surface area contributed by atoms with Gasteiger partial charge in [-0.05, 0) is 43.3 Å². The Kier molecular flexibility index (Phi) is 7.31. The fraction of sp³-hybridized carbons (Fsp3) is 0.208. The lowest BCUT2D eigenvalue weighted by Gasteiger charge is -2.10. The Morgan fingerprint density at radius 2 is 1.94 bits per heavy atom. The van der Waals surface area contributed by atoms with Gasteiger partial charge in [-0.3, -0.25) is 9.36 Å². The van der Waals surface area contributed by atoms with E-state index in [0.717, 1.165) is 17.1 Å². The molecule has 9 heteroatoms. The predicted octanol–water partition coefficient (Wildman–Crippen LogP) is 4.55. The van der Waals surface area contributed by atoms with E-state index in [1.807, 2.05) is 66.1 Å². The summed E-state index contributed by atoms with van der Waals surface area (Å²) in [6, 6.07) is 18.8. The van der Waals surface area contributed by atoms with E-state index in [-0.39, 0.29) is 18.3 Å². The predicted molar refractivity (Wildman–Crippen MR) is 126 cm³/mol. The van der Waals surface area contributed by atoms with E-state index < -0.39 is 0 Å². The minimum absolute atomic E-state index is 0.154. The fourth-order valence-corrected chi connectivity index (χ4v) is 3.82. The van der Waals surface area contributed by atoms with E-state index in [9.17, 15) is 4.79 Å².